The number of rotatable bonds is 6. The number of halogens is 7. The summed E-state index contributed by atoms with van der Waals surface area (Å²) in [7, 11) is 0. The van der Waals surface area contributed by atoms with Gasteiger partial charge in [0.2, 0.25) is 0 Å². The Hall–Kier alpha value is -2.91. The van der Waals surface area contributed by atoms with Crippen LogP contribution in [0.4, 0.5) is 30.7 Å². The van der Waals surface area contributed by atoms with Crippen LogP contribution in [0, 0.1) is 5.82 Å². The molecule has 0 aliphatic heterocycles. The zero-order valence-electron chi connectivity index (χ0n) is 15.5. The highest BCUT2D eigenvalue weighted by molar-refractivity contribution is 5.95. The van der Waals surface area contributed by atoms with Crippen molar-refractivity contribution in [3.05, 3.63) is 70.5 Å². The predicted molar refractivity (Wildman–Crippen MR) is 92.9 cm³/mol. The molecule has 0 saturated carbocycles. The lowest BCUT2D eigenvalue weighted by molar-refractivity contribution is -0.143. The summed E-state index contributed by atoms with van der Waals surface area (Å²) in [5, 5.41) is 0. The Kier molecular flexibility index (Phi) is 6.89. The summed E-state index contributed by atoms with van der Waals surface area (Å²) in [4.78, 5) is 24.7. The number of amides is 1. The van der Waals surface area contributed by atoms with Crippen LogP contribution in [0.5, 0.6) is 0 Å². The van der Waals surface area contributed by atoms with Crippen molar-refractivity contribution in [3.8, 4) is 0 Å². The summed E-state index contributed by atoms with van der Waals surface area (Å²) < 4.78 is 91.6. The van der Waals surface area contributed by atoms with Gasteiger partial charge in [-0.1, -0.05) is 12.1 Å². The monoisotopic (exact) mass is 435 g/mol. The minimum atomic E-state index is -5.10. The van der Waals surface area contributed by atoms with E-state index in [0.29, 0.717) is 24.0 Å². The van der Waals surface area contributed by atoms with Gasteiger partial charge in [-0.3, -0.25) is 4.79 Å². The van der Waals surface area contributed by atoms with Crippen LogP contribution in [0.2, 0.25) is 0 Å². The molecule has 0 spiro atoms. The van der Waals surface area contributed by atoms with Crippen molar-refractivity contribution in [2.75, 3.05) is 0 Å². The van der Waals surface area contributed by atoms with Gasteiger partial charge in [0.15, 0.2) is 0 Å². The molecule has 2 aromatic rings. The molecule has 30 heavy (non-hydrogen) atoms. The second-order valence-corrected chi connectivity index (χ2v) is 6.61. The van der Waals surface area contributed by atoms with Gasteiger partial charge in [0.25, 0.3) is 5.91 Å². The topological polar surface area (TPSA) is 37.4 Å². The number of alkyl halides is 6. The summed E-state index contributed by atoms with van der Waals surface area (Å²) >= 11 is 0. The predicted octanol–water partition coefficient (Wildman–Crippen LogP) is 5.48. The minimum Gasteiger partial charge on any atom is -0.331 e. The van der Waals surface area contributed by atoms with E-state index >= 15 is 0 Å². The van der Waals surface area contributed by atoms with Crippen molar-refractivity contribution in [1.29, 1.82) is 0 Å². The highest BCUT2D eigenvalue weighted by Gasteiger charge is 2.38. The lowest BCUT2D eigenvalue weighted by Gasteiger charge is -2.29. The molecule has 0 heterocycles. The Morgan fingerprint density at radius 2 is 1.47 bits per heavy atom. The molecule has 10 heteroatoms. The SMILES string of the molecule is C[C@@H](CC=O)N(Cc1ccc(F)cc1)C(=O)c1cc(C(F)(F)F)cc(C(F)(F)F)c1. The summed E-state index contributed by atoms with van der Waals surface area (Å²) in [5.74, 6) is -1.68. The van der Waals surface area contributed by atoms with E-state index in [1.165, 1.54) is 19.1 Å². The number of hydrogen-bond donors (Lipinski definition) is 0. The molecule has 0 N–H and O–H groups in total. The summed E-state index contributed by atoms with van der Waals surface area (Å²) in [6.45, 7) is 1.18. The first-order valence-electron chi connectivity index (χ1n) is 8.61. The van der Waals surface area contributed by atoms with Gasteiger partial charge in [-0.05, 0) is 42.8 Å². The molecule has 1 amide bonds. The van der Waals surface area contributed by atoms with Crippen molar-refractivity contribution in [2.24, 2.45) is 0 Å². The molecule has 2 aromatic carbocycles. The van der Waals surface area contributed by atoms with Gasteiger partial charge in [0.1, 0.15) is 12.1 Å². The van der Waals surface area contributed by atoms with E-state index in [4.69, 9.17) is 0 Å². The van der Waals surface area contributed by atoms with Crippen LogP contribution >= 0.6 is 0 Å². The third-order valence-corrected chi connectivity index (χ3v) is 4.33. The minimum absolute atomic E-state index is 0.0735. The Balaban J connectivity index is 2.52. The van der Waals surface area contributed by atoms with E-state index in [2.05, 4.69) is 0 Å². The molecule has 0 radical (unpaired) electrons. The van der Waals surface area contributed by atoms with E-state index in [-0.39, 0.29) is 19.0 Å². The van der Waals surface area contributed by atoms with Crippen LogP contribution < -0.4 is 0 Å². The zero-order valence-corrected chi connectivity index (χ0v) is 15.5. The second-order valence-electron chi connectivity index (χ2n) is 6.61. The Morgan fingerprint density at radius 1 is 0.967 bits per heavy atom. The van der Waals surface area contributed by atoms with Crippen molar-refractivity contribution in [1.82, 2.24) is 4.90 Å². The number of carbonyl (C=O) groups excluding carboxylic acids is 2. The van der Waals surface area contributed by atoms with Crippen molar-refractivity contribution < 1.29 is 40.3 Å². The summed E-state index contributed by atoms with van der Waals surface area (Å²) in [5.41, 5.74) is -3.68. The zero-order chi connectivity index (χ0) is 22.7. The van der Waals surface area contributed by atoms with Crippen LogP contribution in [0.15, 0.2) is 42.5 Å². The van der Waals surface area contributed by atoms with E-state index < -0.39 is 46.8 Å². The third-order valence-electron chi connectivity index (χ3n) is 4.33. The van der Waals surface area contributed by atoms with Crippen LogP contribution in [-0.2, 0) is 23.7 Å². The maximum absolute atomic E-state index is 13.1. The normalized spacial score (nSPS) is 13.1. The van der Waals surface area contributed by atoms with E-state index in [9.17, 15) is 40.3 Å². The van der Waals surface area contributed by atoms with Crippen LogP contribution in [0.25, 0.3) is 0 Å². The van der Waals surface area contributed by atoms with Crippen molar-refractivity contribution in [3.63, 3.8) is 0 Å². The number of nitrogens with zero attached hydrogens (tertiary/aromatic N) is 1. The average Bonchev–Trinajstić information content (AvgIpc) is 2.65. The van der Waals surface area contributed by atoms with Crippen LogP contribution in [0.1, 0.15) is 40.4 Å². The fourth-order valence-electron chi connectivity index (χ4n) is 2.73. The molecule has 0 aliphatic carbocycles. The molecule has 2 rings (SSSR count). The number of hydrogen-bond acceptors (Lipinski definition) is 2. The molecule has 0 unspecified atom stereocenters. The van der Waals surface area contributed by atoms with Gasteiger partial charge in [0.05, 0.1) is 11.1 Å². The van der Waals surface area contributed by atoms with E-state index in [1.807, 2.05) is 0 Å². The fourth-order valence-corrected chi connectivity index (χ4v) is 2.73. The fraction of sp³-hybridized carbons (Fsp3) is 0.300. The highest BCUT2D eigenvalue weighted by Crippen LogP contribution is 2.36. The van der Waals surface area contributed by atoms with Crippen LogP contribution in [0.3, 0.4) is 0 Å². The highest BCUT2D eigenvalue weighted by atomic mass is 19.4. The largest absolute Gasteiger partial charge is 0.416 e. The Morgan fingerprint density at radius 3 is 1.90 bits per heavy atom. The first-order valence-corrected chi connectivity index (χ1v) is 8.61. The molecular weight excluding hydrogens is 419 g/mol. The van der Waals surface area contributed by atoms with Gasteiger partial charge >= 0.3 is 12.4 Å². The molecule has 0 saturated heterocycles. The summed E-state index contributed by atoms with van der Waals surface area (Å²) in [6, 6.07) is 4.58. The van der Waals surface area contributed by atoms with Gasteiger partial charge in [-0.25, -0.2) is 4.39 Å². The molecule has 3 nitrogen and oxygen atoms in total. The third kappa shape index (κ3) is 5.80. The number of carbonyl (C=O) groups is 2. The molecule has 0 aliphatic rings. The lowest BCUT2D eigenvalue weighted by Crippen LogP contribution is -2.38. The van der Waals surface area contributed by atoms with Gasteiger partial charge in [-0.2, -0.15) is 26.3 Å². The molecule has 0 fully saturated rings. The van der Waals surface area contributed by atoms with Gasteiger partial charge in [0, 0.05) is 24.6 Å². The first-order chi connectivity index (χ1) is 13.8. The van der Waals surface area contributed by atoms with Gasteiger partial charge in [-0.15, -0.1) is 0 Å². The Bertz CT molecular complexity index is 873. The van der Waals surface area contributed by atoms with E-state index in [1.54, 1.807) is 0 Å². The molecule has 0 bridgehead atoms. The average molecular weight is 435 g/mol. The molecule has 1 atom stereocenters. The Labute approximate surface area is 167 Å². The smallest absolute Gasteiger partial charge is 0.331 e. The molecular formula is C20H16F7NO2. The molecule has 0 aromatic heterocycles. The first kappa shape index (κ1) is 23.4. The maximum atomic E-state index is 13.1. The number of benzene rings is 2. The summed E-state index contributed by atoms with van der Waals surface area (Å²) in [6.07, 6.45) is -9.93. The second kappa shape index (κ2) is 8.85. The van der Waals surface area contributed by atoms with Gasteiger partial charge < -0.3 is 9.69 Å². The van der Waals surface area contributed by atoms with Crippen LogP contribution in [-0.4, -0.2) is 23.1 Å². The lowest BCUT2D eigenvalue weighted by atomic mass is 10.0. The standard InChI is InChI=1S/C20H16F7NO2/c1-12(6-7-29)28(11-13-2-4-17(21)5-3-13)18(30)14-8-15(19(22,23)24)10-16(9-14)20(25,26)27/h2-5,7-10,12H,6,11H2,1H3/t12-/m0/s1. The number of aldehydes is 1. The quantitative estimate of drug-likeness (QED) is 0.445. The maximum Gasteiger partial charge on any atom is 0.416 e. The molecule has 162 valence electrons. The van der Waals surface area contributed by atoms with E-state index in [0.717, 1.165) is 17.0 Å². The van der Waals surface area contributed by atoms with Crippen molar-refractivity contribution >= 4 is 12.2 Å². The van der Waals surface area contributed by atoms with Crippen molar-refractivity contribution in [2.45, 2.75) is 38.3 Å².